The van der Waals surface area contributed by atoms with Crippen molar-refractivity contribution in [3.05, 3.63) is 59.3 Å². The third-order valence-corrected chi connectivity index (χ3v) is 4.01. The zero-order chi connectivity index (χ0) is 20.1. The Hall–Kier alpha value is -3.43. The molecule has 146 valence electrons. The van der Waals surface area contributed by atoms with Gasteiger partial charge in [0.1, 0.15) is 18.2 Å². The number of rotatable bonds is 8. The minimum absolute atomic E-state index is 0.209. The molecule has 0 radical (unpaired) electrons. The zero-order valence-electron chi connectivity index (χ0n) is 15.0. The summed E-state index contributed by atoms with van der Waals surface area (Å²) in [7, 11) is 0. The number of hydrogen-bond acceptors (Lipinski definition) is 6. The van der Waals surface area contributed by atoms with Crippen LogP contribution in [0.25, 0.3) is 0 Å². The molecule has 28 heavy (non-hydrogen) atoms. The summed E-state index contributed by atoms with van der Waals surface area (Å²) < 4.78 is 39.6. The lowest BCUT2D eigenvalue weighted by molar-refractivity contribution is 0.122. The van der Waals surface area contributed by atoms with Gasteiger partial charge in [0, 0.05) is 25.2 Å². The first-order valence-corrected chi connectivity index (χ1v) is 8.39. The average Bonchev–Trinajstić information content (AvgIpc) is 3.09. The summed E-state index contributed by atoms with van der Waals surface area (Å²) in [5, 5.41) is 17.3. The molecule has 0 unspecified atom stereocenters. The Bertz CT molecular complexity index is 972. The number of hydrogen-bond donors (Lipinski definition) is 3. The zero-order valence-corrected chi connectivity index (χ0v) is 15.0. The van der Waals surface area contributed by atoms with E-state index in [1.807, 2.05) is 0 Å². The van der Waals surface area contributed by atoms with E-state index in [2.05, 4.69) is 25.7 Å². The molecule has 0 aliphatic carbocycles. The molecule has 0 aliphatic heterocycles. The fourth-order valence-electron chi connectivity index (χ4n) is 2.52. The van der Waals surface area contributed by atoms with Crippen LogP contribution in [0.1, 0.15) is 16.7 Å². The molecule has 3 N–H and O–H groups in total. The Kier molecular flexibility index (Phi) is 5.87. The van der Waals surface area contributed by atoms with Crippen LogP contribution in [0, 0.1) is 18.2 Å². The Labute approximate surface area is 159 Å². The molecule has 2 heterocycles. The number of halogens is 3. The lowest BCUT2D eigenvalue weighted by Gasteiger charge is -2.12. The predicted molar refractivity (Wildman–Crippen MR) is 99.9 cm³/mol. The van der Waals surface area contributed by atoms with Gasteiger partial charge in [-0.2, -0.15) is 10.1 Å². The second kappa shape index (κ2) is 8.51. The standard InChI is InChI=1S/C18H18F3N7/c1-11-12(3-2-4-15(11)19)6-23-17-13(5-22)7-24-18(27-17)26-14-8-25-28(9-14)10-16(20)21/h2-5,7-9,16,22H,6,10H2,1H3,(H2,23,24,26,27). The molecule has 0 fully saturated rings. The molecular formula is C18H18F3N7. The van der Waals surface area contributed by atoms with Crippen molar-refractivity contribution in [3.63, 3.8) is 0 Å². The Morgan fingerprint density at radius 1 is 1.29 bits per heavy atom. The maximum absolute atomic E-state index is 13.7. The van der Waals surface area contributed by atoms with Gasteiger partial charge in [-0.15, -0.1) is 0 Å². The topological polar surface area (TPSA) is 91.5 Å². The highest BCUT2D eigenvalue weighted by Crippen LogP contribution is 2.19. The summed E-state index contributed by atoms with van der Waals surface area (Å²) in [6, 6.07) is 4.82. The highest BCUT2D eigenvalue weighted by molar-refractivity contribution is 5.84. The number of anilines is 3. The fourth-order valence-corrected chi connectivity index (χ4v) is 2.52. The third-order valence-electron chi connectivity index (χ3n) is 4.01. The van der Waals surface area contributed by atoms with Gasteiger partial charge in [0.15, 0.2) is 0 Å². The van der Waals surface area contributed by atoms with Crippen molar-refractivity contribution in [1.29, 1.82) is 5.41 Å². The van der Waals surface area contributed by atoms with Crippen LogP contribution in [0.3, 0.4) is 0 Å². The molecule has 0 amide bonds. The summed E-state index contributed by atoms with van der Waals surface area (Å²) in [4.78, 5) is 8.42. The molecule has 10 heteroatoms. The molecule has 0 bridgehead atoms. The van der Waals surface area contributed by atoms with Gasteiger partial charge in [-0.05, 0) is 24.1 Å². The number of nitrogens with one attached hydrogen (secondary N) is 3. The van der Waals surface area contributed by atoms with Crippen molar-refractivity contribution in [2.45, 2.75) is 26.4 Å². The smallest absolute Gasteiger partial charge is 0.257 e. The molecule has 3 rings (SSSR count). The molecular weight excluding hydrogens is 371 g/mol. The van der Waals surface area contributed by atoms with E-state index in [-0.39, 0.29) is 11.8 Å². The number of aromatic nitrogens is 4. The van der Waals surface area contributed by atoms with E-state index in [1.54, 1.807) is 19.1 Å². The van der Waals surface area contributed by atoms with E-state index < -0.39 is 13.0 Å². The van der Waals surface area contributed by atoms with Crippen molar-refractivity contribution < 1.29 is 13.2 Å². The molecule has 1 aromatic carbocycles. The summed E-state index contributed by atoms with van der Waals surface area (Å²) in [5.74, 6) is 0.300. The van der Waals surface area contributed by atoms with E-state index in [0.29, 0.717) is 29.2 Å². The fraction of sp³-hybridized carbons (Fsp3) is 0.222. The second-order valence-electron chi connectivity index (χ2n) is 5.99. The van der Waals surface area contributed by atoms with E-state index in [1.165, 1.54) is 24.7 Å². The highest BCUT2D eigenvalue weighted by Gasteiger charge is 2.10. The molecule has 0 saturated carbocycles. The van der Waals surface area contributed by atoms with E-state index in [4.69, 9.17) is 5.41 Å². The molecule has 0 aliphatic rings. The minimum Gasteiger partial charge on any atom is -0.365 e. The van der Waals surface area contributed by atoms with Crippen LogP contribution in [0.2, 0.25) is 0 Å². The molecule has 0 spiro atoms. The van der Waals surface area contributed by atoms with Crippen LogP contribution < -0.4 is 10.6 Å². The summed E-state index contributed by atoms with van der Waals surface area (Å²) in [6.07, 6.45) is 2.86. The summed E-state index contributed by atoms with van der Waals surface area (Å²) >= 11 is 0. The minimum atomic E-state index is -2.50. The molecule has 2 aromatic heterocycles. The Morgan fingerprint density at radius 2 is 2.11 bits per heavy atom. The predicted octanol–water partition coefficient (Wildman–Crippen LogP) is 3.74. The second-order valence-corrected chi connectivity index (χ2v) is 5.99. The van der Waals surface area contributed by atoms with Gasteiger partial charge in [-0.1, -0.05) is 12.1 Å². The van der Waals surface area contributed by atoms with Crippen LogP contribution in [0.4, 0.5) is 30.6 Å². The SMILES string of the molecule is Cc1c(F)cccc1CNc1nc(Nc2cnn(CC(F)F)c2)ncc1C=N. The van der Waals surface area contributed by atoms with Gasteiger partial charge < -0.3 is 16.0 Å². The van der Waals surface area contributed by atoms with E-state index >= 15 is 0 Å². The van der Waals surface area contributed by atoms with E-state index in [9.17, 15) is 13.2 Å². The highest BCUT2D eigenvalue weighted by atomic mass is 19.3. The monoisotopic (exact) mass is 389 g/mol. The number of nitrogens with zero attached hydrogens (tertiary/aromatic N) is 4. The maximum Gasteiger partial charge on any atom is 0.257 e. The average molecular weight is 389 g/mol. The third kappa shape index (κ3) is 4.64. The normalized spacial score (nSPS) is 10.9. The Balaban J connectivity index is 1.75. The van der Waals surface area contributed by atoms with Gasteiger partial charge >= 0.3 is 0 Å². The number of alkyl halides is 2. The van der Waals surface area contributed by atoms with Crippen molar-refractivity contribution in [1.82, 2.24) is 19.7 Å². The van der Waals surface area contributed by atoms with Crippen molar-refractivity contribution >= 4 is 23.7 Å². The van der Waals surface area contributed by atoms with Gasteiger partial charge in [0.25, 0.3) is 6.43 Å². The van der Waals surface area contributed by atoms with Gasteiger partial charge in [0.2, 0.25) is 5.95 Å². The number of benzene rings is 1. The first-order valence-electron chi connectivity index (χ1n) is 8.39. The van der Waals surface area contributed by atoms with Crippen molar-refractivity contribution in [2.75, 3.05) is 10.6 Å². The van der Waals surface area contributed by atoms with Crippen molar-refractivity contribution in [3.8, 4) is 0 Å². The first-order chi connectivity index (χ1) is 13.5. The van der Waals surface area contributed by atoms with Crippen LogP contribution in [0.5, 0.6) is 0 Å². The van der Waals surface area contributed by atoms with E-state index in [0.717, 1.165) is 16.5 Å². The maximum atomic E-state index is 13.7. The quantitative estimate of drug-likeness (QED) is 0.511. The lowest BCUT2D eigenvalue weighted by Crippen LogP contribution is -2.09. The molecule has 0 atom stereocenters. The van der Waals surface area contributed by atoms with Gasteiger partial charge in [0.05, 0.1) is 17.4 Å². The van der Waals surface area contributed by atoms with Crippen LogP contribution >= 0.6 is 0 Å². The molecule has 7 nitrogen and oxygen atoms in total. The van der Waals surface area contributed by atoms with Crippen molar-refractivity contribution in [2.24, 2.45) is 0 Å². The summed E-state index contributed by atoms with van der Waals surface area (Å²) in [5.41, 5.74) is 2.20. The van der Waals surface area contributed by atoms with Crippen LogP contribution in [0.15, 0.2) is 36.8 Å². The molecule has 0 saturated heterocycles. The lowest BCUT2D eigenvalue weighted by atomic mass is 10.1. The molecule has 3 aromatic rings. The summed E-state index contributed by atoms with van der Waals surface area (Å²) in [6.45, 7) is 1.50. The largest absolute Gasteiger partial charge is 0.365 e. The van der Waals surface area contributed by atoms with Gasteiger partial charge in [-0.3, -0.25) is 4.68 Å². The Morgan fingerprint density at radius 3 is 2.86 bits per heavy atom. The first kappa shape index (κ1) is 19.3. The van der Waals surface area contributed by atoms with Gasteiger partial charge in [-0.25, -0.2) is 18.2 Å². The van der Waals surface area contributed by atoms with Crippen LogP contribution in [-0.2, 0) is 13.1 Å². The van der Waals surface area contributed by atoms with Crippen LogP contribution in [-0.4, -0.2) is 32.4 Å².